The summed E-state index contributed by atoms with van der Waals surface area (Å²) in [6.45, 7) is 2.21. The molecule has 0 spiro atoms. The number of carbonyl (C=O) groups is 2. The molecule has 0 atom stereocenters. The van der Waals surface area contributed by atoms with Crippen LogP contribution in [0.2, 0.25) is 0 Å². The summed E-state index contributed by atoms with van der Waals surface area (Å²) in [6, 6.07) is 4.44. The molecular formula is C19H30N2O3. The van der Waals surface area contributed by atoms with E-state index in [0.717, 1.165) is 19.3 Å². The Morgan fingerprint density at radius 2 is 1.33 bits per heavy atom. The predicted octanol–water partition coefficient (Wildman–Crippen LogP) is 4.46. The first kappa shape index (κ1) is 20.0. The van der Waals surface area contributed by atoms with Crippen LogP contribution < -0.4 is 11.5 Å². The first-order valence-corrected chi connectivity index (χ1v) is 8.94. The summed E-state index contributed by atoms with van der Waals surface area (Å²) < 4.78 is 4.83. The fraction of sp³-hybridized carbons (Fsp3) is 0.579. The minimum Gasteiger partial charge on any atom is -0.399 e. The molecule has 0 saturated carbocycles. The van der Waals surface area contributed by atoms with E-state index >= 15 is 0 Å². The van der Waals surface area contributed by atoms with Crippen molar-refractivity contribution in [2.45, 2.75) is 71.1 Å². The lowest BCUT2D eigenvalue weighted by molar-refractivity contribution is -0.138. The van der Waals surface area contributed by atoms with Crippen LogP contribution in [0.1, 0.15) is 81.5 Å². The van der Waals surface area contributed by atoms with Gasteiger partial charge < -0.3 is 16.2 Å². The van der Waals surface area contributed by atoms with Crippen LogP contribution in [0.15, 0.2) is 18.2 Å². The zero-order chi connectivity index (χ0) is 17.8. The first-order chi connectivity index (χ1) is 11.5. The molecule has 134 valence electrons. The van der Waals surface area contributed by atoms with Gasteiger partial charge in [0, 0.05) is 17.8 Å². The van der Waals surface area contributed by atoms with E-state index in [-0.39, 0.29) is 12.0 Å². The van der Waals surface area contributed by atoms with Gasteiger partial charge in [-0.3, -0.25) is 4.79 Å². The summed E-state index contributed by atoms with van der Waals surface area (Å²) >= 11 is 0. The van der Waals surface area contributed by atoms with Crippen molar-refractivity contribution >= 4 is 23.3 Å². The van der Waals surface area contributed by atoms with Gasteiger partial charge in [0.25, 0.3) is 0 Å². The number of carbonyl (C=O) groups excluding carboxylic acids is 2. The molecule has 5 nitrogen and oxygen atoms in total. The zero-order valence-corrected chi connectivity index (χ0v) is 14.7. The lowest BCUT2D eigenvalue weighted by atomic mass is 10.1. The van der Waals surface area contributed by atoms with Crippen LogP contribution in [-0.4, -0.2) is 11.9 Å². The first-order valence-electron chi connectivity index (χ1n) is 8.94. The Kier molecular flexibility index (Phi) is 9.58. The highest BCUT2D eigenvalue weighted by Crippen LogP contribution is 2.15. The molecule has 24 heavy (non-hydrogen) atoms. The highest BCUT2D eigenvalue weighted by Gasteiger charge is 2.13. The van der Waals surface area contributed by atoms with Crippen LogP contribution in [0.5, 0.6) is 0 Å². The molecule has 0 bridgehead atoms. The maximum absolute atomic E-state index is 11.9. The Labute approximate surface area is 144 Å². The van der Waals surface area contributed by atoms with Crippen molar-refractivity contribution in [3.05, 3.63) is 23.8 Å². The van der Waals surface area contributed by atoms with Gasteiger partial charge >= 0.3 is 11.9 Å². The molecular weight excluding hydrogens is 304 g/mol. The molecule has 1 rings (SSSR count). The van der Waals surface area contributed by atoms with Crippen LogP contribution in [0.3, 0.4) is 0 Å². The Balaban J connectivity index is 2.14. The number of nitrogens with two attached hydrogens (primary N) is 2. The maximum atomic E-state index is 11.9. The molecule has 1 aromatic carbocycles. The second-order valence-corrected chi connectivity index (χ2v) is 6.23. The van der Waals surface area contributed by atoms with Crippen LogP contribution >= 0.6 is 0 Å². The molecule has 0 heterocycles. The van der Waals surface area contributed by atoms with E-state index in [1.807, 2.05) is 0 Å². The number of benzene rings is 1. The van der Waals surface area contributed by atoms with Gasteiger partial charge in [0.15, 0.2) is 0 Å². The molecule has 4 N–H and O–H groups in total. The standard InChI is InChI=1S/C19H30N2O3/c1-2-3-4-5-6-7-8-9-10-11-18(22)24-19(23)15-12-16(20)14-17(21)13-15/h12-14H,2-11,20-21H2,1H3. The van der Waals surface area contributed by atoms with Gasteiger partial charge in [0.05, 0.1) is 5.56 Å². The molecule has 0 radical (unpaired) electrons. The van der Waals surface area contributed by atoms with Crippen molar-refractivity contribution < 1.29 is 14.3 Å². The maximum Gasteiger partial charge on any atom is 0.345 e. The van der Waals surface area contributed by atoms with Gasteiger partial charge in [-0.2, -0.15) is 0 Å². The third-order valence-corrected chi connectivity index (χ3v) is 3.90. The van der Waals surface area contributed by atoms with Gasteiger partial charge in [-0.25, -0.2) is 4.79 Å². The summed E-state index contributed by atoms with van der Waals surface area (Å²) in [5.74, 6) is -1.20. The Bertz CT molecular complexity index is 509. The van der Waals surface area contributed by atoms with Crippen molar-refractivity contribution in [2.75, 3.05) is 11.5 Å². The number of hydrogen-bond acceptors (Lipinski definition) is 5. The van der Waals surface area contributed by atoms with Crippen molar-refractivity contribution in [3.63, 3.8) is 0 Å². The monoisotopic (exact) mass is 334 g/mol. The molecule has 1 aromatic rings. The normalized spacial score (nSPS) is 10.5. The van der Waals surface area contributed by atoms with Crippen LogP contribution in [0, 0.1) is 0 Å². The van der Waals surface area contributed by atoms with E-state index in [2.05, 4.69) is 6.92 Å². The lowest BCUT2D eigenvalue weighted by Crippen LogP contribution is -2.13. The number of esters is 2. The van der Waals surface area contributed by atoms with Crippen molar-refractivity contribution in [2.24, 2.45) is 0 Å². The van der Waals surface area contributed by atoms with E-state index in [1.54, 1.807) is 6.07 Å². The number of nitrogen functional groups attached to an aromatic ring is 2. The largest absolute Gasteiger partial charge is 0.399 e. The molecule has 0 aliphatic rings. The third-order valence-electron chi connectivity index (χ3n) is 3.90. The lowest BCUT2D eigenvalue weighted by Gasteiger charge is -2.05. The van der Waals surface area contributed by atoms with Crippen molar-refractivity contribution in [3.8, 4) is 0 Å². The molecule has 0 aliphatic carbocycles. The van der Waals surface area contributed by atoms with Gasteiger partial charge in [0.1, 0.15) is 0 Å². The molecule has 0 amide bonds. The highest BCUT2D eigenvalue weighted by molar-refractivity contribution is 5.98. The van der Waals surface area contributed by atoms with Gasteiger partial charge in [-0.05, 0) is 24.6 Å². The van der Waals surface area contributed by atoms with E-state index in [0.29, 0.717) is 11.4 Å². The van der Waals surface area contributed by atoms with E-state index in [1.165, 1.54) is 50.7 Å². The smallest absolute Gasteiger partial charge is 0.345 e. The van der Waals surface area contributed by atoms with E-state index in [4.69, 9.17) is 16.2 Å². The minimum absolute atomic E-state index is 0.202. The Morgan fingerprint density at radius 1 is 0.833 bits per heavy atom. The van der Waals surface area contributed by atoms with Crippen LogP contribution in [-0.2, 0) is 9.53 Å². The Hall–Kier alpha value is -2.04. The number of ether oxygens (including phenoxy) is 1. The van der Waals surface area contributed by atoms with E-state index in [9.17, 15) is 9.59 Å². The van der Waals surface area contributed by atoms with E-state index < -0.39 is 11.9 Å². The van der Waals surface area contributed by atoms with Crippen LogP contribution in [0.25, 0.3) is 0 Å². The topological polar surface area (TPSA) is 95.4 Å². The molecule has 0 aromatic heterocycles. The SMILES string of the molecule is CCCCCCCCCCCC(=O)OC(=O)c1cc(N)cc(N)c1. The summed E-state index contributed by atoms with van der Waals surface area (Å²) in [6.07, 6.45) is 10.8. The fourth-order valence-corrected chi connectivity index (χ4v) is 2.59. The average molecular weight is 334 g/mol. The summed E-state index contributed by atoms with van der Waals surface area (Å²) in [7, 11) is 0. The quantitative estimate of drug-likeness (QED) is 0.270. The summed E-state index contributed by atoms with van der Waals surface area (Å²) in [5, 5.41) is 0. The zero-order valence-electron chi connectivity index (χ0n) is 14.7. The molecule has 0 fully saturated rings. The van der Waals surface area contributed by atoms with Gasteiger partial charge in [-0.1, -0.05) is 58.3 Å². The second-order valence-electron chi connectivity index (χ2n) is 6.23. The molecule has 0 aliphatic heterocycles. The molecule has 0 saturated heterocycles. The third kappa shape index (κ3) is 8.56. The molecule has 0 unspecified atom stereocenters. The molecule has 5 heteroatoms. The van der Waals surface area contributed by atoms with Crippen molar-refractivity contribution in [1.29, 1.82) is 0 Å². The van der Waals surface area contributed by atoms with Gasteiger partial charge in [-0.15, -0.1) is 0 Å². The number of hydrogen-bond donors (Lipinski definition) is 2. The van der Waals surface area contributed by atoms with Crippen LogP contribution in [0.4, 0.5) is 11.4 Å². The highest BCUT2D eigenvalue weighted by atomic mass is 16.6. The van der Waals surface area contributed by atoms with Crippen molar-refractivity contribution in [1.82, 2.24) is 0 Å². The summed E-state index contributed by atoms with van der Waals surface area (Å²) in [4.78, 5) is 23.6. The minimum atomic E-state index is -0.699. The van der Waals surface area contributed by atoms with Gasteiger partial charge in [0.2, 0.25) is 0 Å². The fourth-order valence-electron chi connectivity index (χ4n) is 2.59. The summed E-state index contributed by atoms with van der Waals surface area (Å²) in [5.41, 5.74) is 12.2. The number of rotatable bonds is 11. The average Bonchev–Trinajstić information content (AvgIpc) is 2.52. The number of unbranched alkanes of at least 4 members (excludes halogenated alkanes) is 8. The Morgan fingerprint density at radius 3 is 1.88 bits per heavy atom. The number of anilines is 2. The predicted molar refractivity (Wildman–Crippen MR) is 97.5 cm³/mol. The second kappa shape index (κ2) is 11.5.